The third-order valence-electron chi connectivity index (χ3n) is 5.80. The number of nitrogens with zero attached hydrogens (tertiary/aromatic N) is 2. The number of ether oxygens (including phenoxy) is 2. The van der Waals surface area contributed by atoms with E-state index in [1.165, 1.54) is 0 Å². The van der Waals surface area contributed by atoms with Gasteiger partial charge in [-0.2, -0.15) is 0 Å². The van der Waals surface area contributed by atoms with Crippen LogP contribution in [0.25, 0.3) is 0 Å². The number of piperazine rings is 1. The van der Waals surface area contributed by atoms with Crippen molar-refractivity contribution in [3.05, 3.63) is 29.3 Å². The quantitative estimate of drug-likeness (QED) is 0.810. The maximum absolute atomic E-state index is 13.0. The topological polar surface area (TPSA) is 85.1 Å². The highest BCUT2D eigenvalue weighted by atomic mass is 35.5. The fraction of sp³-hybridized carbons (Fsp3) is 0.600. The van der Waals surface area contributed by atoms with Crippen molar-refractivity contribution in [1.82, 2.24) is 9.80 Å². The van der Waals surface area contributed by atoms with E-state index in [4.69, 9.17) is 15.2 Å². The van der Waals surface area contributed by atoms with Crippen molar-refractivity contribution in [2.24, 2.45) is 11.1 Å². The first-order chi connectivity index (χ1) is 13.0. The summed E-state index contributed by atoms with van der Waals surface area (Å²) >= 11 is 0. The van der Waals surface area contributed by atoms with Gasteiger partial charge >= 0.3 is 0 Å². The van der Waals surface area contributed by atoms with Gasteiger partial charge in [-0.05, 0) is 37.5 Å². The number of halogens is 1. The van der Waals surface area contributed by atoms with E-state index in [-0.39, 0.29) is 24.2 Å². The lowest BCUT2D eigenvalue weighted by molar-refractivity contribution is -0.148. The van der Waals surface area contributed by atoms with Gasteiger partial charge in [0.25, 0.3) is 5.91 Å². The number of amides is 2. The molecule has 1 aromatic rings. The van der Waals surface area contributed by atoms with Gasteiger partial charge in [0.2, 0.25) is 5.91 Å². The molecule has 0 bridgehead atoms. The second-order valence-corrected chi connectivity index (χ2v) is 7.37. The average molecular weight is 412 g/mol. The maximum atomic E-state index is 13.0. The second kappa shape index (κ2) is 9.58. The van der Waals surface area contributed by atoms with E-state index < -0.39 is 5.41 Å². The molecule has 0 aliphatic carbocycles. The van der Waals surface area contributed by atoms with Gasteiger partial charge in [-0.25, -0.2) is 0 Å². The molecule has 2 saturated heterocycles. The fourth-order valence-electron chi connectivity index (χ4n) is 3.85. The third-order valence-corrected chi connectivity index (χ3v) is 5.80. The van der Waals surface area contributed by atoms with Crippen LogP contribution in [0, 0.1) is 12.3 Å². The standard InChI is InChI=1S/C20H29N3O4.ClH/c1-15-3-4-16(13-17(15)26-2)18(24)22-7-9-23(10-8-22)19(25)20(14-21)5-11-27-12-6-20;/h3-4,13H,5-12,14,21H2,1-2H3;1H. The van der Waals surface area contributed by atoms with Crippen LogP contribution in [0.4, 0.5) is 0 Å². The smallest absolute Gasteiger partial charge is 0.254 e. The minimum atomic E-state index is -0.505. The Bertz CT molecular complexity index is 699. The zero-order valence-corrected chi connectivity index (χ0v) is 17.4. The number of carbonyl (C=O) groups excluding carboxylic acids is 2. The normalized spacial score (nSPS) is 19.0. The molecule has 3 rings (SSSR count). The number of aryl methyl sites for hydroxylation is 1. The molecular formula is C20H30ClN3O4. The van der Waals surface area contributed by atoms with Crippen molar-refractivity contribution < 1.29 is 19.1 Å². The summed E-state index contributed by atoms with van der Waals surface area (Å²) < 4.78 is 10.7. The highest BCUT2D eigenvalue weighted by molar-refractivity contribution is 5.95. The number of hydrogen-bond acceptors (Lipinski definition) is 5. The molecule has 7 nitrogen and oxygen atoms in total. The zero-order valence-electron chi connectivity index (χ0n) is 16.6. The van der Waals surface area contributed by atoms with Crippen molar-refractivity contribution in [3.8, 4) is 5.75 Å². The van der Waals surface area contributed by atoms with Crippen LogP contribution in [-0.4, -0.2) is 74.7 Å². The molecule has 0 atom stereocenters. The Morgan fingerprint density at radius 2 is 1.75 bits per heavy atom. The molecule has 0 spiro atoms. The SMILES string of the molecule is COc1cc(C(=O)N2CCN(C(=O)C3(CN)CCOCC3)CC2)ccc1C.Cl. The largest absolute Gasteiger partial charge is 0.496 e. The van der Waals surface area contributed by atoms with Crippen molar-refractivity contribution in [2.75, 3.05) is 53.0 Å². The van der Waals surface area contributed by atoms with Crippen molar-refractivity contribution in [2.45, 2.75) is 19.8 Å². The Morgan fingerprint density at radius 3 is 2.32 bits per heavy atom. The summed E-state index contributed by atoms with van der Waals surface area (Å²) in [5.74, 6) is 0.788. The molecule has 0 aromatic heterocycles. The predicted octanol–water partition coefficient (Wildman–Crippen LogP) is 1.47. The number of hydrogen-bond donors (Lipinski definition) is 1. The van der Waals surface area contributed by atoms with Crippen LogP contribution in [0.15, 0.2) is 18.2 Å². The summed E-state index contributed by atoms with van der Waals surface area (Å²) in [4.78, 5) is 29.5. The summed E-state index contributed by atoms with van der Waals surface area (Å²) in [5.41, 5.74) is 7.06. The molecule has 2 heterocycles. The fourth-order valence-corrected chi connectivity index (χ4v) is 3.85. The van der Waals surface area contributed by atoms with Gasteiger partial charge in [0, 0.05) is 51.5 Å². The van der Waals surface area contributed by atoms with Gasteiger partial charge in [0.1, 0.15) is 5.75 Å². The monoisotopic (exact) mass is 411 g/mol. The molecule has 156 valence electrons. The molecule has 2 fully saturated rings. The van der Waals surface area contributed by atoms with E-state index in [0.717, 1.165) is 5.56 Å². The lowest BCUT2D eigenvalue weighted by atomic mass is 9.78. The van der Waals surface area contributed by atoms with Crippen molar-refractivity contribution in [3.63, 3.8) is 0 Å². The zero-order chi connectivity index (χ0) is 19.4. The minimum absolute atomic E-state index is 0. The van der Waals surface area contributed by atoms with E-state index in [1.807, 2.05) is 24.0 Å². The van der Waals surface area contributed by atoms with E-state index in [1.54, 1.807) is 18.1 Å². The van der Waals surface area contributed by atoms with Gasteiger partial charge in [-0.1, -0.05) is 6.07 Å². The maximum Gasteiger partial charge on any atom is 0.254 e. The highest BCUT2D eigenvalue weighted by Gasteiger charge is 2.42. The second-order valence-electron chi connectivity index (χ2n) is 7.37. The van der Waals surface area contributed by atoms with Crippen molar-refractivity contribution in [1.29, 1.82) is 0 Å². The van der Waals surface area contributed by atoms with Crippen LogP contribution < -0.4 is 10.5 Å². The summed E-state index contributed by atoms with van der Waals surface area (Å²) in [6.07, 6.45) is 1.34. The minimum Gasteiger partial charge on any atom is -0.496 e. The molecule has 0 unspecified atom stereocenters. The van der Waals surface area contributed by atoms with Crippen LogP contribution in [0.3, 0.4) is 0 Å². The molecule has 8 heteroatoms. The molecule has 0 saturated carbocycles. The Kier molecular flexibility index (Phi) is 7.69. The third kappa shape index (κ3) is 4.42. The van der Waals surface area contributed by atoms with Crippen LogP contribution >= 0.6 is 12.4 Å². The number of carbonyl (C=O) groups is 2. The molecule has 2 aliphatic heterocycles. The number of benzene rings is 1. The van der Waals surface area contributed by atoms with Crippen LogP contribution in [0.1, 0.15) is 28.8 Å². The lowest BCUT2D eigenvalue weighted by Gasteiger charge is -2.42. The van der Waals surface area contributed by atoms with Gasteiger partial charge in [-0.15, -0.1) is 12.4 Å². The number of methoxy groups -OCH3 is 1. The Balaban J connectivity index is 0.00000280. The van der Waals surface area contributed by atoms with Gasteiger partial charge < -0.3 is 25.0 Å². The number of nitrogens with two attached hydrogens (primary N) is 1. The van der Waals surface area contributed by atoms with Gasteiger partial charge in [0.15, 0.2) is 0 Å². The Labute approximate surface area is 172 Å². The molecular weight excluding hydrogens is 382 g/mol. The van der Waals surface area contributed by atoms with E-state index in [9.17, 15) is 9.59 Å². The van der Waals surface area contributed by atoms with Gasteiger partial charge in [-0.3, -0.25) is 9.59 Å². The van der Waals surface area contributed by atoms with E-state index >= 15 is 0 Å². The highest BCUT2D eigenvalue weighted by Crippen LogP contribution is 2.32. The number of rotatable bonds is 4. The van der Waals surface area contributed by atoms with Crippen LogP contribution in [0.2, 0.25) is 0 Å². The summed E-state index contributed by atoms with van der Waals surface area (Å²) in [5, 5.41) is 0. The molecule has 2 N–H and O–H groups in total. The first kappa shape index (κ1) is 22.5. The molecule has 28 heavy (non-hydrogen) atoms. The van der Waals surface area contributed by atoms with E-state index in [2.05, 4.69) is 0 Å². The van der Waals surface area contributed by atoms with Crippen LogP contribution in [0.5, 0.6) is 5.75 Å². The summed E-state index contributed by atoms with van der Waals surface area (Å²) in [7, 11) is 1.60. The predicted molar refractivity (Wildman–Crippen MR) is 109 cm³/mol. The Morgan fingerprint density at radius 1 is 1.14 bits per heavy atom. The summed E-state index contributed by atoms with van der Waals surface area (Å²) in [6, 6.07) is 5.49. The molecule has 2 amide bonds. The lowest BCUT2D eigenvalue weighted by Crippen LogP contribution is -2.57. The van der Waals surface area contributed by atoms with E-state index in [0.29, 0.717) is 70.1 Å². The molecule has 2 aliphatic rings. The Hall–Kier alpha value is -1.83. The van der Waals surface area contributed by atoms with Crippen molar-refractivity contribution >= 4 is 24.2 Å². The van der Waals surface area contributed by atoms with Gasteiger partial charge in [0.05, 0.1) is 12.5 Å². The first-order valence-corrected chi connectivity index (χ1v) is 9.52. The van der Waals surface area contributed by atoms with Crippen LogP contribution in [-0.2, 0) is 9.53 Å². The summed E-state index contributed by atoms with van der Waals surface area (Å²) in [6.45, 7) is 5.58. The first-order valence-electron chi connectivity index (χ1n) is 9.52. The average Bonchev–Trinajstić information content (AvgIpc) is 2.73. The molecule has 1 aromatic carbocycles. The molecule has 0 radical (unpaired) electrons.